The van der Waals surface area contributed by atoms with Crippen molar-refractivity contribution >= 4 is 5.91 Å². The van der Waals surface area contributed by atoms with Crippen molar-refractivity contribution < 1.29 is 4.79 Å². The van der Waals surface area contributed by atoms with Crippen molar-refractivity contribution in [1.82, 2.24) is 19.7 Å². The van der Waals surface area contributed by atoms with Gasteiger partial charge >= 0.3 is 0 Å². The lowest BCUT2D eigenvalue weighted by Crippen LogP contribution is -2.34. The van der Waals surface area contributed by atoms with E-state index in [1.807, 2.05) is 27.8 Å². The van der Waals surface area contributed by atoms with Gasteiger partial charge < -0.3 is 4.90 Å². The van der Waals surface area contributed by atoms with Crippen LogP contribution in [-0.2, 0) is 6.54 Å². The molecule has 2 aliphatic rings. The highest BCUT2D eigenvalue weighted by Crippen LogP contribution is 2.33. The molecule has 2 saturated carbocycles. The number of carbonyl (C=O) groups is 1. The first kappa shape index (κ1) is 14.4. The molecule has 1 amide bonds. The van der Waals surface area contributed by atoms with Gasteiger partial charge in [-0.15, -0.1) is 0 Å². The summed E-state index contributed by atoms with van der Waals surface area (Å²) in [7, 11) is 0. The summed E-state index contributed by atoms with van der Waals surface area (Å²) in [5.74, 6) is 0.119. The first-order valence-electron chi connectivity index (χ1n) is 8.56. The lowest BCUT2D eigenvalue weighted by molar-refractivity contribution is 0.0714. The molecule has 120 valence electrons. The summed E-state index contributed by atoms with van der Waals surface area (Å²) in [6.07, 6.45) is 12.3. The van der Waals surface area contributed by atoms with E-state index in [-0.39, 0.29) is 5.91 Å². The number of rotatable bonds is 5. The van der Waals surface area contributed by atoms with E-state index in [1.165, 1.54) is 12.8 Å². The van der Waals surface area contributed by atoms with Crippen molar-refractivity contribution in [2.45, 2.75) is 57.2 Å². The van der Waals surface area contributed by atoms with Gasteiger partial charge in [0.25, 0.3) is 5.91 Å². The number of hydrogen-bond donors (Lipinski definition) is 0. The first-order chi connectivity index (χ1) is 11.3. The van der Waals surface area contributed by atoms with Gasteiger partial charge in [-0.05, 0) is 49.4 Å². The van der Waals surface area contributed by atoms with Crippen molar-refractivity contribution in [1.29, 1.82) is 0 Å². The monoisotopic (exact) mass is 310 g/mol. The van der Waals surface area contributed by atoms with Crippen LogP contribution in [0.3, 0.4) is 0 Å². The fourth-order valence-electron chi connectivity index (χ4n) is 3.51. The van der Waals surface area contributed by atoms with Gasteiger partial charge in [0.1, 0.15) is 5.69 Å². The lowest BCUT2D eigenvalue weighted by Gasteiger charge is -2.24. The SMILES string of the molecule is O=C(c1ccnn1C1CCCC1)N(Cc1ccncc1)C1CC1. The molecule has 2 aromatic heterocycles. The molecule has 2 fully saturated rings. The Morgan fingerprint density at radius 1 is 1.09 bits per heavy atom. The molecule has 0 aliphatic heterocycles. The van der Waals surface area contributed by atoms with E-state index in [9.17, 15) is 4.79 Å². The third-order valence-electron chi connectivity index (χ3n) is 4.91. The van der Waals surface area contributed by atoms with Gasteiger partial charge in [-0.25, -0.2) is 0 Å². The number of aromatic nitrogens is 3. The van der Waals surface area contributed by atoms with Gasteiger partial charge in [-0.3, -0.25) is 14.5 Å². The second kappa shape index (κ2) is 6.14. The van der Waals surface area contributed by atoms with Gasteiger partial charge in [0.15, 0.2) is 0 Å². The zero-order valence-electron chi connectivity index (χ0n) is 13.3. The zero-order valence-corrected chi connectivity index (χ0v) is 13.3. The number of nitrogens with zero attached hydrogens (tertiary/aromatic N) is 4. The van der Waals surface area contributed by atoms with Gasteiger partial charge in [-0.2, -0.15) is 5.10 Å². The Labute approximate surface area is 136 Å². The van der Waals surface area contributed by atoms with E-state index >= 15 is 0 Å². The molecule has 0 unspecified atom stereocenters. The number of hydrogen-bond acceptors (Lipinski definition) is 3. The Kier molecular flexibility index (Phi) is 3.85. The van der Waals surface area contributed by atoms with Crippen LogP contribution in [0.4, 0.5) is 0 Å². The van der Waals surface area contributed by atoms with Crippen molar-refractivity contribution in [2.75, 3.05) is 0 Å². The van der Waals surface area contributed by atoms with Crippen molar-refractivity contribution in [3.05, 3.63) is 48.0 Å². The van der Waals surface area contributed by atoms with Crippen LogP contribution in [0, 0.1) is 0 Å². The minimum atomic E-state index is 0.119. The minimum absolute atomic E-state index is 0.119. The molecule has 0 radical (unpaired) electrons. The fourth-order valence-corrected chi connectivity index (χ4v) is 3.51. The summed E-state index contributed by atoms with van der Waals surface area (Å²) < 4.78 is 1.97. The molecule has 2 heterocycles. The highest BCUT2D eigenvalue weighted by atomic mass is 16.2. The molecule has 0 N–H and O–H groups in total. The van der Waals surface area contributed by atoms with Crippen LogP contribution in [0.1, 0.15) is 60.6 Å². The van der Waals surface area contributed by atoms with E-state index in [0.29, 0.717) is 18.6 Å². The minimum Gasteiger partial charge on any atom is -0.330 e. The second-order valence-corrected chi connectivity index (χ2v) is 6.62. The van der Waals surface area contributed by atoms with Crippen molar-refractivity contribution in [3.63, 3.8) is 0 Å². The van der Waals surface area contributed by atoms with Gasteiger partial charge in [0.05, 0.1) is 6.04 Å². The Morgan fingerprint density at radius 2 is 1.83 bits per heavy atom. The predicted molar refractivity (Wildman–Crippen MR) is 86.9 cm³/mol. The van der Waals surface area contributed by atoms with Crippen molar-refractivity contribution in [3.8, 4) is 0 Å². The van der Waals surface area contributed by atoms with Gasteiger partial charge in [0, 0.05) is 31.2 Å². The Morgan fingerprint density at radius 3 is 2.52 bits per heavy atom. The highest BCUT2D eigenvalue weighted by molar-refractivity contribution is 5.93. The van der Waals surface area contributed by atoms with E-state index in [0.717, 1.165) is 36.9 Å². The summed E-state index contributed by atoms with van der Waals surface area (Å²) in [5.41, 5.74) is 1.88. The summed E-state index contributed by atoms with van der Waals surface area (Å²) in [5, 5.41) is 4.45. The first-order valence-corrected chi connectivity index (χ1v) is 8.56. The summed E-state index contributed by atoms with van der Waals surface area (Å²) in [6, 6.07) is 6.62. The number of pyridine rings is 1. The van der Waals surface area contributed by atoms with Crippen LogP contribution in [0.15, 0.2) is 36.8 Å². The lowest BCUT2D eigenvalue weighted by atomic mass is 10.2. The summed E-state index contributed by atoms with van der Waals surface area (Å²) in [6.45, 7) is 0.655. The Hall–Kier alpha value is -2.17. The van der Waals surface area contributed by atoms with Crippen LogP contribution < -0.4 is 0 Å². The van der Waals surface area contributed by atoms with Crippen LogP contribution in [0.5, 0.6) is 0 Å². The van der Waals surface area contributed by atoms with Crippen LogP contribution in [-0.4, -0.2) is 31.6 Å². The molecule has 0 spiro atoms. The van der Waals surface area contributed by atoms with E-state index in [2.05, 4.69) is 10.1 Å². The molecule has 0 atom stereocenters. The third kappa shape index (κ3) is 3.00. The molecular formula is C18H22N4O. The molecule has 0 bridgehead atoms. The second-order valence-electron chi connectivity index (χ2n) is 6.62. The Balaban J connectivity index is 1.57. The highest BCUT2D eigenvalue weighted by Gasteiger charge is 2.35. The quantitative estimate of drug-likeness (QED) is 0.852. The average molecular weight is 310 g/mol. The topological polar surface area (TPSA) is 51.0 Å². The van der Waals surface area contributed by atoms with E-state index in [4.69, 9.17) is 0 Å². The third-order valence-corrected chi connectivity index (χ3v) is 4.91. The molecule has 4 rings (SSSR count). The normalized spacial score (nSPS) is 18.3. The van der Waals surface area contributed by atoms with E-state index < -0.39 is 0 Å². The number of carbonyl (C=O) groups excluding carboxylic acids is 1. The molecule has 0 saturated heterocycles. The molecular weight excluding hydrogens is 288 g/mol. The smallest absolute Gasteiger partial charge is 0.272 e. The van der Waals surface area contributed by atoms with Crippen LogP contribution >= 0.6 is 0 Å². The Bertz CT molecular complexity index is 671. The molecule has 2 aromatic rings. The fraction of sp³-hybridized carbons (Fsp3) is 0.500. The maximum Gasteiger partial charge on any atom is 0.272 e. The summed E-state index contributed by atoms with van der Waals surface area (Å²) >= 11 is 0. The predicted octanol–water partition coefficient (Wildman–Crippen LogP) is 3.20. The summed E-state index contributed by atoms with van der Waals surface area (Å²) in [4.78, 5) is 19.2. The zero-order chi connectivity index (χ0) is 15.6. The maximum atomic E-state index is 13.1. The van der Waals surface area contributed by atoms with Crippen LogP contribution in [0.2, 0.25) is 0 Å². The largest absolute Gasteiger partial charge is 0.330 e. The molecule has 5 nitrogen and oxygen atoms in total. The van der Waals surface area contributed by atoms with E-state index in [1.54, 1.807) is 18.6 Å². The van der Waals surface area contributed by atoms with Gasteiger partial charge in [-0.1, -0.05) is 12.8 Å². The molecule has 23 heavy (non-hydrogen) atoms. The average Bonchev–Trinajstić information content (AvgIpc) is 3.08. The van der Waals surface area contributed by atoms with Crippen LogP contribution in [0.25, 0.3) is 0 Å². The van der Waals surface area contributed by atoms with Crippen molar-refractivity contribution in [2.24, 2.45) is 0 Å². The maximum absolute atomic E-state index is 13.1. The van der Waals surface area contributed by atoms with Gasteiger partial charge in [0.2, 0.25) is 0 Å². The molecule has 0 aromatic carbocycles. The molecule has 2 aliphatic carbocycles. The number of amides is 1. The standard InChI is InChI=1S/C18H22N4O/c23-18(17-9-12-20-22(17)16-3-1-2-4-16)21(15-5-6-15)13-14-7-10-19-11-8-14/h7-12,15-16H,1-6,13H2. The molecule has 5 heteroatoms.